The van der Waals surface area contributed by atoms with Crippen LogP contribution in [0.2, 0.25) is 0 Å². The largest absolute Gasteiger partial charge is 0.354 e. The van der Waals surface area contributed by atoms with E-state index in [-0.39, 0.29) is 11.8 Å². The molecule has 126 valence electrons. The number of carbonyl (C=O) groups is 2. The molecule has 2 amide bonds. The molecule has 23 heavy (non-hydrogen) atoms. The Morgan fingerprint density at radius 1 is 1.35 bits per heavy atom. The lowest BCUT2D eigenvalue weighted by Gasteiger charge is -2.36. The van der Waals surface area contributed by atoms with Crippen LogP contribution in [0.4, 0.5) is 0 Å². The molecule has 2 N–H and O–H groups in total. The van der Waals surface area contributed by atoms with Gasteiger partial charge in [0, 0.05) is 18.0 Å². The van der Waals surface area contributed by atoms with Crippen LogP contribution in [0, 0.1) is 6.92 Å². The molecular weight excluding hydrogens is 310 g/mol. The Labute approximate surface area is 141 Å². The van der Waals surface area contributed by atoms with Gasteiger partial charge in [0.15, 0.2) is 0 Å². The van der Waals surface area contributed by atoms with Crippen LogP contribution in [-0.4, -0.2) is 28.9 Å². The summed E-state index contributed by atoms with van der Waals surface area (Å²) in [5.74, 6) is -0.283. The Balaban J connectivity index is 2.03. The molecule has 5 nitrogen and oxygen atoms in total. The highest BCUT2D eigenvalue weighted by Gasteiger charge is 2.40. The minimum absolute atomic E-state index is 0.0506. The number of carbonyl (C=O) groups excluding carboxylic acids is 2. The van der Waals surface area contributed by atoms with Gasteiger partial charge in [0.1, 0.15) is 5.54 Å². The molecule has 0 spiro atoms. The van der Waals surface area contributed by atoms with E-state index in [2.05, 4.69) is 15.6 Å². The predicted octanol–water partition coefficient (Wildman–Crippen LogP) is 2.81. The average molecular weight is 335 g/mol. The fourth-order valence-electron chi connectivity index (χ4n) is 2.87. The van der Waals surface area contributed by atoms with Gasteiger partial charge in [-0.15, -0.1) is 11.3 Å². The highest BCUT2D eigenvalue weighted by atomic mass is 32.1. The van der Waals surface area contributed by atoms with Crippen molar-refractivity contribution >= 4 is 29.2 Å². The van der Waals surface area contributed by atoms with Gasteiger partial charge in [-0.1, -0.05) is 26.2 Å². The molecule has 0 atom stereocenters. The van der Waals surface area contributed by atoms with E-state index in [1.807, 2.05) is 19.2 Å². The number of aryl methyl sites for hydroxylation is 1. The molecule has 0 radical (unpaired) electrons. The lowest BCUT2D eigenvalue weighted by Crippen LogP contribution is -2.59. The maximum atomic E-state index is 12.5. The Bertz CT molecular complexity index is 574. The minimum Gasteiger partial charge on any atom is -0.354 e. The molecular formula is C17H25N3O2S. The lowest BCUT2D eigenvalue weighted by atomic mass is 9.80. The molecule has 1 aromatic heterocycles. The number of aromatic nitrogens is 1. The van der Waals surface area contributed by atoms with Crippen molar-refractivity contribution in [3.63, 3.8) is 0 Å². The first-order chi connectivity index (χ1) is 11.1. The van der Waals surface area contributed by atoms with E-state index in [0.717, 1.165) is 36.4 Å². The quantitative estimate of drug-likeness (QED) is 0.785. The number of rotatable bonds is 6. The van der Waals surface area contributed by atoms with Gasteiger partial charge in [-0.3, -0.25) is 9.59 Å². The van der Waals surface area contributed by atoms with E-state index in [0.29, 0.717) is 19.4 Å². The molecule has 2 rings (SSSR count). The first-order valence-corrected chi connectivity index (χ1v) is 9.14. The van der Waals surface area contributed by atoms with Gasteiger partial charge >= 0.3 is 0 Å². The number of thiazole rings is 1. The maximum absolute atomic E-state index is 12.5. The van der Waals surface area contributed by atoms with Crippen LogP contribution >= 0.6 is 11.3 Å². The fraction of sp³-hybridized carbons (Fsp3) is 0.588. The summed E-state index contributed by atoms with van der Waals surface area (Å²) in [6.07, 6.45) is 8.52. The van der Waals surface area contributed by atoms with Crippen LogP contribution in [0.25, 0.3) is 6.08 Å². The summed E-state index contributed by atoms with van der Waals surface area (Å²) >= 11 is 1.55. The third kappa shape index (κ3) is 4.89. The van der Waals surface area contributed by atoms with Crippen molar-refractivity contribution in [2.45, 2.75) is 57.9 Å². The van der Waals surface area contributed by atoms with Crippen molar-refractivity contribution in [3.05, 3.63) is 22.2 Å². The Hall–Kier alpha value is -1.69. The standard InChI is InChI=1S/C17H25N3O2S/c1-3-11-18-16(22)17(9-5-4-6-10-17)20-15(21)8-7-14-12-23-13(2)19-14/h7-8,12H,3-6,9-11H2,1-2H3,(H,18,22)(H,20,21). The van der Waals surface area contributed by atoms with Crippen molar-refractivity contribution in [3.8, 4) is 0 Å². The second-order valence-corrected chi connectivity index (χ2v) is 7.07. The van der Waals surface area contributed by atoms with Gasteiger partial charge < -0.3 is 10.6 Å². The van der Waals surface area contributed by atoms with E-state index in [1.54, 1.807) is 17.4 Å². The van der Waals surface area contributed by atoms with Gasteiger partial charge in [0.25, 0.3) is 0 Å². The highest BCUT2D eigenvalue weighted by molar-refractivity contribution is 7.09. The van der Waals surface area contributed by atoms with Crippen molar-refractivity contribution in [2.75, 3.05) is 6.54 Å². The zero-order valence-corrected chi connectivity index (χ0v) is 14.7. The second kappa shape index (κ2) is 8.24. The maximum Gasteiger partial charge on any atom is 0.245 e. The number of nitrogens with zero attached hydrogens (tertiary/aromatic N) is 1. The smallest absolute Gasteiger partial charge is 0.245 e. The van der Waals surface area contributed by atoms with Gasteiger partial charge in [-0.25, -0.2) is 4.98 Å². The number of nitrogens with one attached hydrogen (secondary N) is 2. The summed E-state index contributed by atoms with van der Waals surface area (Å²) in [6, 6.07) is 0. The summed E-state index contributed by atoms with van der Waals surface area (Å²) in [5.41, 5.74) is 0.0168. The Morgan fingerprint density at radius 3 is 2.70 bits per heavy atom. The third-order valence-electron chi connectivity index (χ3n) is 4.08. The van der Waals surface area contributed by atoms with Crippen LogP contribution in [0.1, 0.15) is 56.2 Å². The third-order valence-corrected chi connectivity index (χ3v) is 4.87. The fourth-order valence-corrected chi connectivity index (χ4v) is 3.45. The van der Waals surface area contributed by atoms with Crippen LogP contribution < -0.4 is 10.6 Å². The van der Waals surface area contributed by atoms with Crippen molar-refractivity contribution in [1.82, 2.24) is 15.6 Å². The first-order valence-electron chi connectivity index (χ1n) is 8.26. The molecule has 1 aliphatic rings. The zero-order chi connectivity index (χ0) is 16.7. The van der Waals surface area contributed by atoms with Crippen molar-refractivity contribution < 1.29 is 9.59 Å². The van der Waals surface area contributed by atoms with Crippen LogP contribution in [0.3, 0.4) is 0 Å². The first kappa shape index (κ1) is 17.7. The van der Waals surface area contributed by atoms with Gasteiger partial charge in [-0.2, -0.15) is 0 Å². The van der Waals surface area contributed by atoms with E-state index >= 15 is 0 Å². The highest BCUT2D eigenvalue weighted by Crippen LogP contribution is 2.28. The van der Waals surface area contributed by atoms with Crippen LogP contribution in [0.5, 0.6) is 0 Å². The summed E-state index contributed by atoms with van der Waals surface area (Å²) in [6.45, 7) is 4.59. The molecule has 1 aliphatic carbocycles. The van der Waals surface area contributed by atoms with E-state index in [4.69, 9.17) is 0 Å². The number of amides is 2. The monoisotopic (exact) mass is 335 g/mol. The summed E-state index contributed by atoms with van der Waals surface area (Å²) in [4.78, 5) is 29.1. The molecule has 0 aromatic carbocycles. The minimum atomic E-state index is -0.757. The summed E-state index contributed by atoms with van der Waals surface area (Å²) in [7, 11) is 0. The van der Waals surface area contributed by atoms with E-state index < -0.39 is 5.54 Å². The molecule has 0 saturated heterocycles. The molecule has 1 aromatic rings. The van der Waals surface area contributed by atoms with Crippen LogP contribution in [0.15, 0.2) is 11.5 Å². The normalized spacial score (nSPS) is 17.1. The molecule has 1 saturated carbocycles. The average Bonchev–Trinajstić information content (AvgIpc) is 2.97. The molecule has 6 heteroatoms. The molecule has 0 aliphatic heterocycles. The zero-order valence-electron chi connectivity index (χ0n) is 13.9. The Kier molecular flexibility index (Phi) is 6.33. The van der Waals surface area contributed by atoms with Gasteiger partial charge in [-0.05, 0) is 32.3 Å². The van der Waals surface area contributed by atoms with E-state index in [1.165, 1.54) is 6.08 Å². The SMILES string of the molecule is CCCNC(=O)C1(NC(=O)C=Cc2csc(C)n2)CCCCC1. The lowest BCUT2D eigenvalue weighted by molar-refractivity contribution is -0.133. The molecule has 0 unspecified atom stereocenters. The van der Waals surface area contributed by atoms with Crippen molar-refractivity contribution in [2.24, 2.45) is 0 Å². The van der Waals surface area contributed by atoms with Crippen molar-refractivity contribution in [1.29, 1.82) is 0 Å². The number of hydrogen-bond acceptors (Lipinski definition) is 4. The summed E-state index contributed by atoms with van der Waals surface area (Å²) in [5, 5.41) is 8.76. The van der Waals surface area contributed by atoms with Gasteiger partial charge in [0.2, 0.25) is 11.8 Å². The summed E-state index contributed by atoms with van der Waals surface area (Å²) < 4.78 is 0. The van der Waals surface area contributed by atoms with E-state index in [9.17, 15) is 9.59 Å². The topological polar surface area (TPSA) is 71.1 Å². The second-order valence-electron chi connectivity index (χ2n) is 6.01. The predicted molar refractivity (Wildman–Crippen MR) is 93.1 cm³/mol. The number of hydrogen-bond donors (Lipinski definition) is 2. The molecule has 0 bridgehead atoms. The molecule has 1 heterocycles. The van der Waals surface area contributed by atoms with Gasteiger partial charge in [0.05, 0.1) is 10.7 Å². The van der Waals surface area contributed by atoms with Crippen LogP contribution in [-0.2, 0) is 9.59 Å². The Morgan fingerprint density at radius 2 is 2.09 bits per heavy atom. The molecule has 1 fully saturated rings.